The zero-order chi connectivity index (χ0) is 23.2. The lowest BCUT2D eigenvalue weighted by Gasteiger charge is -2.23. The van der Waals surface area contributed by atoms with E-state index in [9.17, 15) is 14.7 Å². The van der Waals surface area contributed by atoms with E-state index in [1.54, 1.807) is 4.90 Å². The van der Waals surface area contributed by atoms with Crippen LogP contribution in [0.4, 0.5) is 5.69 Å². The molecule has 2 aliphatic rings. The average Bonchev–Trinajstić information content (AvgIpc) is 3.24. The standard InChI is InChI=1S/C26H32N2O5/c29-24-14-18(6-8-22(24)19-4-2-1-3-5-19)17-33-21-7-9-23-20(15-21)11-13-28(23)25(30)16-27-12-10-26(31)32/h6-9,14-15,19,27,29H,1-5,10-13,16-17H2,(H,31,32). The molecule has 0 unspecified atom stereocenters. The minimum absolute atomic E-state index is 0.00829. The first kappa shape index (κ1) is 23.1. The Bertz CT molecular complexity index is 1000. The van der Waals surface area contributed by atoms with Gasteiger partial charge in [-0.15, -0.1) is 0 Å². The van der Waals surface area contributed by atoms with Gasteiger partial charge in [0.05, 0.1) is 13.0 Å². The maximum Gasteiger partial charge on any atom is 0.304 e. The average molecular weight is 453 g/mol. The summed E-state index contributed by atoms with van der Waals surface area (Å²) < 4.78 is 5.97. The van der Waals surface area contributed by atoms with Crippen LogP contribution in [-0.4, -0.2) is 41.7 Å². The van der Waals surface area contributed by atoms with Crippen molar-refractivity contribution in [3.05, 3.63) is 53.1 Å². The maximum absolute atomic E-state index is 12.5. The highest BCUT2D eigenvalue weighted by Crippen LogP contribution is 2.37. The normalized spacial score (nSPS) is 15.9. The second-order valence-electron chi connectivity index (χ2n) is 8.92. The summed E-state index contributed by atoms with van der Waals surface area (Å²) in [5.74, 6) is 0.607. The lowest BCUT2D eigenvalue weighted by atomic mass is 9.83. The predicted molar refractivity (Wildman–Crippen MR) is 126 cm³/mol. The number of carbonyl (C=O) groups excluding carboxylic acids is 1. The van der Waals surface area contributed by atoms with Gasteiger partial charge in [0, 0.05) is 18.8 Å². The number of amides is 1. The number of rotatable bonds is 9. The number of nitrogens with zero attached hydrogens (tertiary/aromatic N) is 1. The van der Waals surface area contributed by atoms with Gasteiger partial charge >= 0.3 is 5.97 Å². The molecular weight excluding hydrogens is 420 g/mol. The van der Waals surface area contributed by atoms with Gasteiger partial charge in [0.15, 0.2) is 0 Å². The molecule has 4 rings (SSSR count). The largest absolute Gasteiger partial charge is 0.508 e. The summed E-state index contributed by atoms with van der Waals surface area (Å²) in [5, 5.41) is 22.1. The zero-order valence-electron chi connectivity index (χ0n) is 18.9. The van der Waals surface area contributed by atoms with E-state index in [1.807, 2.05) is 36.4 Å². The molecule has 1 amide bonds. The molecule has 33 heavy (non-hydrogen) atoms. The molecule has 0 bridgehead atoms. The fraction of sp³-hybridized carbons (Fsp3) is 0.462. The topological polar surface area (TPSA) is 99.1 Å². The highest BCUT2D eigenvalue weighted by atomic mass is 16.5. The van der Waals surface area contributed by atoms with Gasteiger partial charge < -0.3 is 25.2 Å². The lowest BCUT2D eigenvalue weighted by molar-refractivity contribution is -0.137. The van der Waals surface area contributed by atoms with Crippen LogP contribution < -0.4 is 15.0 Å². The number of hydrogen-bond acceptors (Lipinski definition) is 5. The Hall–Kier alpha value is -3.06. The number of carboxylic acid groups (broad SMARTS) is 1. The molecular formula is C26H32N2O5. The summed E-state index contributed by atoms with van der Waals surface area (Å²) in [4.78, 5) is 24.8. The third-order valence-electron chi connectivity index (χ3n) is 6.58. The maximum atomic E-state index is 12.5. The second-order valence-corrected chi connectivity index (χ2v) is 8.92. The molecule has 0 spiro atoms. The van der Waals surface area contributed by atoms with Crippen LogP contribution >= 0.6 is 0 Å². The number of hydrogen-bond donors (Lipinski definition) is 3. The molecule has 0 aromatic heterocycles. The number of anilines is 1. The van der Waals surface area contributed by atoms with Crippen LogP contribution in [0.2, 0.25) is 0 Å². The summed E-state index contributed by atoms with van der Waals surface area (Å²) in [6.45, 7) is 1.36. The van der Waals surface area contributed by atoms with Crippen LogP contribution in [0.15, 0.2) is 36.4 Å². The summed E-state index contributed by atoms with van der Waals surface area (Å²) in [7, 11) is 0. The fourth-order valence-electron chi connectivity index (χ4n) is 4.82. The predicted octanol–water partition coefficient (Wildman–Crippen LogP) is 3.97. The molecule has 1 heterocycles. The third-order valence-corrected chi connectivity index (χ3v) is 6.58. The molecule has 1 saturated carbocycles. The van der Waals surface area contributed by atoms with Crippen molar-refractivity contribution < 1.29 is 24.5 Å². The van der Waals surface area contributed by atoms with Crippen molar-refractivity contribution in [3.8, 4) is 11.5 Å². The molecule has 3 N–H and O–H groups in total. The molecule has 0 radical (unpaired) electrons. The zero-order valence-corrected chi connectivity index (χ0v) is 18.9. The van der Waals surface area contributed by atoms with Crippen molar-refractivity contribution in [2.45, 2.75) is 57.5 Å². The SMILES string of the molecule is O=C(O)CCNCC(=O)N1CCc2cc(OCc3ccc(C4CCCCC4)c(O)c3)ccc21. The minimum atomic E-state index is -0.885. The number of phenolic OH excluding ortho intramolecular Hbond substituents is 1. The van der Waals surface area contributed by atoms with E-state index >= 15 is 0 Å². The molecule has 7 heteroatoms. The number of nitrogens with one attached hydrogen (secondary N) is 1. The van der Waals surface area contributed by atoms with Crippen molar-refractivity contribution in [2.75, 3.05) is 24.5 Å². The van der Waals surface area contributed by atoms with Gasteiger partial charge in [-0.2, -0.15) is 0 Å². The van der Waals surface area contributed by atoms with Crippen molar-refractivity contribution >= 4 is 17.6 Å². The molecule has 2 aromatic rings. The van der Waals surface area contributed by atoms with Crippen LogP contribution in [0.5, 0.6) is 11.5 Å². The highest BCUT2D eigenvalue weighted by molar-refractivity contribution is 5.96. The minimum Gasteiger partial charge on any atom is -0.508 e. The van der Waals surface area contributed by atoms with Gasteiger partial charge in [0.25, 0.3) is 0 Å². The summed E-state index contributed by atoms with van der Waals surface area (Å²) in [6.07, 6.45) is 6.80. The molecule has 0 saturated heterocycles. The van der Waals surface area contributed by atoms with Crippen LogP contribution in [0.3, 0.4) is 0 Å². The van der Waals surface area contributed by atoms with Crippen LogP contribution in [0, 0.1) is 0 Å². The van der Waals surface area contributed by atoms with Gasteiger partial charge in [0.1, 0.15) is 18.1 Å². The molecule has 1 fully saturated rings. The highest BCUT2D eigenvalue weighted by Gasteiger charge is 2.25. The Morgan fingerprint density at radius 3 is 2.67 bits per heavy atom. The van der Waals surface area contributed by atoms with Gasteiger partial charge in [-0.05, 0) is 66.1 Å². The quantitative estimate of drug-likeness (QED) is 0.498. The van der Waals surface area contributed by atoms with Gasteiger partial charge in [-0.25, -0.2) is 0 Å². The fourth-order valence-corrected chi connectivity index (χ4v) is 4.82. The van der Waals surface area contributed by atoms with E-state index in [2.05, 4.69) is 5.32 Å². The Morgan fingerprint density at radius 2 is 1.91 bits per heavy atom. The van der Waals surface area contributed by atoms with Crippen LogP contribution in [0.1, 0.15) is 61.1 Å². The Morgan fingerprint density at radius 1 is 1.09 bits per heavy atom. The summed E-state index contributed by atoms with van der Waals surface area (Å²) in [6, 6.07) is 11.6. The first-order valence-corrected chi connectivity index (χ1v) is 11.8. The lowest BCUT2D eigenvalue weighted by Crippen LogP contribution is -2.37. The number of fused-ring (bicyclic) bond motifs is 1. The van der Waals surface area contributed by atoms with Gasteiger partial charge in [0.2, 0.25) is 5.91 Å². The Labute approximate surface area is 194 Å². The number of aliphatic carboxylic acids is 1. The first-order chi connectivity index (χ1) is 16.0. The summed E-state index contributed by atoms with van der Waals surface area (Å²) >= 11 is 0. The molecule has 1 aliphatic carbocycles. The van der Waals surface area contributed by atoms with E-state index < -0.39 is 5.97 Å². The van der Waals surface area contributed by atoms with Crippen molar-refractivity contribution in [1.82, 2.24) is 5.32 Å². The number of phenols is 1. The number of ether oxygens (including phenoxy) is 1. The first-order valence-electron chi connectivity index (χ1n) is 11.8. The monoisotopic (exact) mass is 452 g/mol. The molecule has 1 aliphatic heterocycles. The number of benzene rings is 2. The number of carboxylic acids is 1. The molecule has 7 nitrogen and oxygen atoms in total. The molecule has 176 valence electrons. The van der Waals surface area contributed by atoms with E-state index in [-0.39, 0.29) is 25.4 Å². The molecule has 0 atom stereocenters. The Balaban J connectivity index is 1.32. The van der Waals surface area contributed by atoms with E-state index in [0.29, 0.717) is 24.8 Å². The van der Waals surface area contributed by atoms with Crippen LogP contribution in [0.25, 0.3) is 0 Å². The van der Waals surface area contributed by atoms with E-state index in [1.165, 1.54) is 19.3 Å². The summed E-state index contributed by atoms with van der Waals surface area (Å²) in [5.41, 5.74) is 3.92. The Kier molecular flexibility index (Phi) is 7.50. The van der Waals surface area contributed by atoms with Crippen molar-refractivity contribution in [3.63, 3.8) is 0 Å². The second kappa shape index (κ2) is 10.7. The number of aromatic hydroxyl groups is 1. The van der Waals surface area contributed by atoms with Gasteiger partial charge in [-0.1, -0.05) is 31.4 Å². The smallest absolute Gasteiger partial charge is 0.304 e. The van der Waals surface area contributed by atoms with Crippen molar-refractivity contribution in [1.29, 1.82) is 0 Å². The molecule has 2 aromatic carbocycles. The van der Waals surface area contributed by atoms with Crippen molar-refractivity contribution in [2.24, 2.45) is 0 Å². The van der Waals surface area contributed by atoms with E-state index in [0.717, 1.165) is 47.4 Å². The van der Waals surface area contributed by atoms with E-state index in [4.69, 9.17) is 9.84 Å². The third kappa shape index (κ3) is 5.85. The number of carbonyl (C=O) groups is 2. The van der Waals surface area contributed by atoms with Gasteiger partial charge in [-0.3, -0.25) is 9.59 Å². The van der Waals surface area contributed by atoms with Crippen LogP contribution in [-0.2, 0) is 22.6 Å².